The number of benzene rings is 1. The lowest BCUT2D eigenvalue weighted by Gasteiger charge is -2.26. The number of anilines is 1. The first-order valence-corrected chi connectivity index (χ1v) is 8.58. The van der Waals surface area contributed by atoms with E-state index in [0.717, 1.165) is 0 Å². The van der Waals surface area contributed by atoms with Gasteiger partial charge in [-0.15, -0.1) is 0 Å². The zero-order valence-electron chi connectivity index (χ0n) is 10.8. The van der Waals surface area contributed by atoms with E-state index in [4.69, 9.17) is 23.8 Å². The third-order valence-electron chi connectivity index (χ3n) is 3.25. The summed E-state index contributed by atoms with van der Waals surface area (Å²) in [6.45, 7) is 0. The second-order valence-corrected chi connectivity index (χ2v) is 7.75. The van der Waals surface area contributed by atoms with Crippen molar-refractivity contribution in [3.63, 3.8) is 0 Å². The molecule has 1 heterocycles. The van der Waals surface area contributed by atoms with E-state index in [1.165, 1.54) is 18.2 Å². The number of sulfone groups is 1. The van der Waals surface area contributed by atoms with Crippen molar-refractivity contribution in [3.05, 3.63) is 29.0 Å². The van der Waals surface area contributed by atoms with E-state index in [1.54, 1.807) is 11.9 Å². The highest BCUT2D eigenvalue weighted by Gasteiger charge is 2.31. The smallest absolute Gasteiger partial charge is 0.173 e. The van der Waals surface area contributed by atoms with Gasteiger partial charge in [-0.2, -0.15) is 0 Å². The zero-order chi connectivity index (χ0) is 14.9. The van der Waals surface area contributed by atoms with Crippen LogP contribution in [-0.2, 0) is 9.84 Å². The van der Waals surface area contributed by atoms with E-state index in [1.807, 2.05) is 0 Å². The molecule has 1 aliphatic heterocycles. The zero-order valence-corrected chi connectivity index (χ0v) is 13.2. The monoisotopic (exact) mass is 336 g/mol. The summed E-state index contributed by atoms with van der Waals surface area (Å²) in [5.74, 6) is -0.207. The maximum atomic E-state index is 13.1. The molecule has 0 bridgehead atoms. The second kappa shape index (κ2) is 5.83. The van der Waals surface area contributed by atoms with Gasteiger partial charge in [-0.25, -0.2) is 12.8 Å². The molecule has 8 heteroatoms. The first kappa shape index (κ1) is 15.5. The fraction of sp³-hybridized carbons (Fsp3) is 0.417. The predicted molar refractivity (Wildman–Crippen MR) is 82.5 cm³/mol. The van der Waals surface area contributed by atoms with Gasteiger partial charge in [0, 0.05) is 18.8 Å². The highest BCUT2D eigenvalue weighted by molar-refractivity contribution is 7.91. The van der Waals surface area contributed by atoms with E-state index < -0.39 is 15.7 Å². The van der Waals surface area contributed by atoms with Crippen LogP contribution in [-0.4, -0.2) is 43.0 Å². The van der Waals surface area contributed by atoms with Crippen molar-refractivity contribution in [2.24, 2.45) is 0 Å². The molecule has 1 fully saturated rings. The third kappa shape index (κ3) is 3.59. The molecule has 0 aromatic heterocycles. The first-order chi connectivity index (χ1) is 9.28. The molecule has 2 rings (SSSR count). The van der Waals surface area contributed by atoms with Gasteiger partial charge in [0.1, 0.15) is 5.82 Å². The van der Waals surface area contributed by atoms with Crippen molar-refractivity contribution < 1.29 is 12.8 Å². The molecule has 4 nitrogen and oxygen atoms in total. The number of thiocarbonyl (C=S) groups is 1. The normalized spacial score (nSPS) is 20.6. The van der Waals surface area contributed by atoms with Crippen molar-refractivity contribution in [1.29, 1.82) is 0 Å². The van der Waals surface area contributed by atoms with Gasteiger partial charge < -0.3 is 10.2 Å². The minimum Gasteiger partial charge on any atom is -0.348 e. The van der Waals surface area contributed by atoms with Crippen LogP contribution in [0.15, 0.2) is 18.2 Å². The first-order valence-electron chi connectivity index (χ1n) is 5.98. The lowest BCUT2D eigenvalue weighted by Crippen LogP contribution is -2.40. The van der Waals surface area contributed by atoms with Crippen LogP contribution >= 0.6 is 23.8 Å². The lowest BCUT2D eigenvalue weighted by atomic mass is 10.2. The summed E-state index contributed by atoms with van der Waals surface area (Å²) in [5.41, 5.74) is 0.564. The van der Waals surface area contributed by atoms with E-state index in [9.17, 15) is 12.8 Å². The molecule has 0 spiro atoms. The number of rotatable bonds is 2. The van der Waals surface area contributed by atoms with Crippen LogP contribution in [0.3, 0.4) is 0 Å². The Morgan fingerprint density at radius 3 is 2.80 bits per heavy atom. The molecule has 0 amide bonds. The van der Waals surface area contributed by atoms with Crippen LogP contribution in [0.5, 0.6) is 0 Å². The van der Waals surface area contributed by atoms with Crippen LogP contribution in [0.25, 0.3) is 0 Å². The molecular weight excluding hydrogens is 323 g/mol. The molecule has 1 aliphatic rings. The fourth-order valence-electron chi connectivity index (χ4n) is 2.03. The van der Waals surface area contributed by atoms with E-state index in [0.29, 0.717) is 17.2 Å². The van der Waals surface area contributed by atoms with E-state index >= 15 is 0 Å². The van der Waals surface area contributed by atoms with Crippen molar-refractivity contribution in [2.75, 3.05) is 23.9 Å². The van der Waals surface area contributed by atoms with Crippen LogP contribution in [0.4, 0.5) is 10.1 Å². The summed E-state index contributed by atoms with van der Waals surface area (Å²) in [5, 5.41) is 3.31. The van der Waals surface area contributed by atoms with Gasteiger partial charge >= 0.3 is 0 Å². The molecular formula is C12H14ClFN2O2S2. The summed E-state index contributed by atoms with van der Waals surface area (Å²) in [7, 11) is -1.22. The molecule has 20 heavy (non-hydrogen) atoms. The predicted octanol–water partition coefficient (Wildman–Crippen LogP) is 2.29. The molecule has 0 radical (unpaired) electrons. The van der Waals surface area contributed by atoms with E-state index in [-0.39, 0.29) is 22.6 Å². The fourth-order valence-corrected chi connectivity index (χ4v) is 4.25. The number of hydrogen-bond acceptors (Lipinski definition) is 3. The average molecular weight is 337 g/mol. The highest BCUT2D eigenvalue weighted by Crippen LogP contribution is 2.21. The van der Waals surface area contributed by atoms with Crippen LogP contribution in [0, 0.1) is 5.82 Å². The SMILES string of the molecule is CN(C(=S)Nc1ccc(F)c(Cl)c1)C1CCS(=O)(=O)C1. The van der Waals surface area contributed by atoms with Crippen LogP contribution in [0.1, 0.15) is 6.42 Å². The van der Waals surface area contributed by atoms with Gasteiger partial charge in [-0.1, -0.05) is 11.6 Å². The third-order valence-corrected chi connectivity index (χ3v) is 5.68. The largest absolute Gasteiger partial charge is 0.348 e. The van der Waals surface area contributed by atoms with Gasteiger partial charge in [0.05, 0.1) is 16.5 Å². The minimum absolute atomic E-state index is 0.00361. The number of nitrogens with zero attached hydrogens (tertiary/aromatic N) is 1. The highest BCUT2D eigenvalue weighted by atomic mass is 35.5. The van der Waals surface area contributed by atoms with Gasteiger partial charge in [0.15, 0.2) is 14.9 Å². The molecule has 1 saturated heterocycles. The Kier molecular flexibility index (Phi) is 4.51. The van der Waals surface area contributed by atoms with Crippen molar-refractivity contribution in [3.8, 4) is 0 Å². The average Bonchev–Trinajstić information content (AvgIpc) is 2.73. The second-order valence-electron chi connectivity index (χ2n) is 4.73. The summed E-state index contributed by atoms with van der Waals surface area (Å²) < 4.78 is 36.0. The van der Waals surface area contributed by atoms with E-state index in [2.05, 4.69) is 5.32 Å². The van der Waals surface area contributed by atoms with Crippen molar-refractivity contribution in [2.45, 2.75) is 12.5 Å². The minimum atomic E-state index is -2.96. The molecule has 1 N–H and O–H groups in total. The molecule has 1 aromatic carbocycles. The summed E-state index contributed by atoms with van der Waals surface area (Å²) in [6.07, 6.45) is 0.560. The molecule has 110 valence electrons. The van der Waals surface area contributed by atoms with Gasteiger partial charge in [0.2, 0.25) is 0 Å². The maximum absolute atomic E-state index is 13.1. The van der Waals surface area contributed by atoms with Crippen molar-refractivity contribution in [1.82, 2.24) is 4.90 Å². The van der Waals surface area contributed by atoms with Crippen LogP contribution < -0.4 is 5.32 Å². The number of nitrogens with one attached hydrogen (secondary N) is 1. The summed E-state index contributed by atoms with van der Waals surface area (Å²) in [6, 6.07) is 4.07. The lowest BCUT2D eigenvalue weighted by molar-refractivity contribution is 0.402. The number of hydrogen-bond donors (Lipinski definition) is 1. The molecule has 0 aliphatic carbocycles. The molecule has 1 unspecified atom stereocenters. The van der Waals surface area contributed by atoms with Crippen LogP contribution in [0.2, 0.25) is 5.02 Å². The number of halogens is 2. The van der Waals surface area contributed by atoms with Crippen molar-refractivity contribution >= 4 is 44.5 Å². The standard InChI is InChI=1S/C12H14ClFN2O2S2/c1-16(9-4-5-20(17,18)7-9)12(19)15-8-2-3-11(14)10(13)6-8/h2-3,6,9H,4-5,7H2,1H3,(H,15,19). The quantitative estimate of drug-likeness (QED) is 0.840. The Bertz CT molecular complexity index is 636. The van der Waals surface area contributed by atoms with Gasteiger partial charge in [-0.05, 0) is 36.8 Å². The Balaban J connectivity index is 2.02. The summed E-state index contributed by atoms with van der Waals surface area (Å²) >= 11 is 10.9. The molecule has 1 atom stereocenters. The Hall–Kier alpha value is -0.920. The Morgan fingerprint density at radius 2 is 2.25 bits per heavy atom. The maximum Gasteiger partial charge on any atom is 0.173 e. The Morgan fingerprint density at radius 1 is 1.55 bits per heavy atom. The molecule has 0 saturated carbocycles. The summed E-state index contributed by atoms with van der Waals surface area (Å²) in [4.78, 5) is 1.72. The van der Waals surface area contributed by atoms with Gasteiger partial charge in [-0.3, -0.25) is 0 Å². The topological polar surface area (TPSA) is 49.4 Å². The van der Waals surface area contributed by atoms with Gasteiger partial charge in [0.25, 0.3) is 0 Å². The molecule has 1 aromatic rings. The Labute approximate surface area is 127 Å².